The molecule has 1 heterocycles. The third-order valence-corrected chi connectivity index (χ3v) is 5.54. The summed E-state index contributed by atoms with van der Waals surface area (Å²) in [4.78, 5) is 11.8. The molecule has 1 N–H and O–H groups in total. The number of halogens is 1. The molecule has 0 radical (unpaired) electrons. The summed E-state index contributed by atoms with van der Waals surface area (Å²) < 4.78 is 43.4. The first-order chi connectivity index (χ1) is 13.3. The van der Waals surface area contributed by atoms with E-state index in [1.165, 1.54) is 18.2 Å². The number of morpholine rings is 1. The monoisotopic (exact) mass is 409 g/mol. The summed E-state index contributed by atoms with van der Waals surface area (Å²) in [6.07, 6.45) is 0.916. The average Bonchev–Trinajstić information content (AvgIpc) is 2.66. The standard InChI is InChI=1S/C18H20FN3O5S/c1-28(25,26)18-11-14(3-5-17(18)22(23)24)20-12-13-2-4-16(15(19)10-13)21-6-8-27-9-7-21/h2-5,10-11,20H,6-9,12H2,1H3. The lowest BCUT2D eigenvalue weighted by Crippen LogP contribution is -2.36. The van der Waals surface area contributed by atoms with E-state index in [4.69, 9.17) is 4.74 Å². The summed E-state index contributed by atoms with van der Waals surface area (Å²) in [6, 6.07) is 8.68. The van der Waals surface area contributed by atoms with Crippen molar-refractivity contribution in [3.63, 3.8) is 0 Å². The Kier molecular flexibility index (Phi) is 5.80. The highest BCUT2D eigenvalue weighted by Gasteiger charge is 2.22. The van der Waals surface area contributed by atoms with Crippen molar-refractivity contribution in [1.29, 1.82) is 0 Å². The summed E-state index contributed by atoms with van der Waals surface area (Å²) in [7, 11) is -3.77. The first kappa shape index (κ1) is 20.0. The van der Waals surface area contributed by atoms with Crippen molar-refractivity contribution >= 4 is 26.9 Å². The van der Waals surface area contributed by atoms with Gasteiger partial charge < -0.3 is 15.0 Å². The van der Waals surface area contributed by atoms with Gasteiger partial charge >= 0.3 is 0 Å². The first-order valence-electron chi connectivity index (χ1n) is 8.59. The number of benzene rings is 2. The number of hydrogen-bond donors (Lipinski definition) is 1. The van der Waals surface area contributed by atoms with Crippen molar-refractivity contribution in [3.8, 4) is 0 Å². The predicted octanol–water partition coefficient (Wildman–Crippen LogP) is 2.59. The number of nitro groups is 1. The molecule has 10 heteroatoms. The van der Waals surface area contributed by atoms with Crippen LogP contribution in [0.25, 0.3) is 0 Å². The van der Waals surface area contributed by atoms with Crippen LogP contribution in [0, 0.1) is 15.9 Å². The van der Waals surface area contributed by atoms with Gasteiger partial charge in [0.05, 0.1) is 23.8 Å². The molecule has 150 valence electrons. The Morgan fingerprint density at radius 3 is 2.54 bits per heavy atom. The minimum absolute atomic E-state index is 0.237. The number of nitrogens with zero attached hydrogens (tertiary/aromatic N) is 2. The van der Waals surface area contributed by atoms with E-state index >= 15 is 0 Å². The van der Waals surface area contributed by atoms with Crippen LogP contribution in [0.1, 0.15) is 5.56 Å². The number of hydrogen-bond acceptors (Lipinski definition) is 7. The van der Waals surface area contributed by atoms with Gasteiger partial charge in [-0.3, -0.25) is 10.1 Å². The fourth-order valence-corrected chi connectivity index (χ4v) is 3.86. The number of nitrogens with one attached hydrogen (secondary N) is 1. The van der Waals surface area contributed by atoms with Crippen LogP contribution in [0.3, 0.4) is 0 Å². The first-order valence-corrected chi connectivity index (χ1v) is 10.5. The van der Waals surface area contributed by atoms with Gasteiger partial charge in [0.15, 0.2) is 9.84 Å². The maximum absolute atomic E-state index is 14.5. The van der Waals surface area contributed by atoms with E-state index in [-0.39, 0.29) is 17.3 Å². The van der Waals surface area contributed by atoms with Crippen molar-refractivity contribution in [2.45, 2.75) is 11.4 Å². The third-order valence-electron chi connectivity index (χ3n) is 4.42. The van der Waals surface area contributed by atoms with Gasteiger partial charge in [-0.05, 0) is 29.8 Å². The molecular weight excluding hydrogens is 389 g/mol. The summed E-state index contributed by atoms with van der Waals surface area (Å²) >= 11 is 0. The quantitative estimate of drug-likeness (QED) is 0.578. The number of rotatable bonds is 6. The fraction of sp³-hybridized carbons (Fsp3) is 0.333. The molecule has 0 bridgehead atoms. The Morgan fingerprint density at radius 2 is 1.93 bits per heavy atom. The van der Waals surface area contributed by atoms with Crippen molar-refractivity contribution in [1.82, 2.24) is 0 Å². The maximum atomic E-state index is 14.5. The van der Waals surface area contributed by atoms with Gasteiger partial charge in [0.25, 0.3) is 5.69 Å². The molecule has 0 aliphatic carbocycles. The summed E-state index contributed by atoms with van der Waals surface area (Å²) in [5, 5.41) is 14.0. The zero-order valence-corrected chi connectivity index (χ0v) is 16.0. The van der Waals surface area contributed by atoms with E-state index < -0.39 is 20.4 Å². The minimum atomic E-state index is -3.77. The largest absolute Gasteiger partial charge is 0.381 e. The molecule has 0 unspecified atom stereocenters. The summed E-state index contributed by atoms with van der Waals surface area (Å²) in [6.45, 7) is 2.62. The zero-order valence-electron chi connectivity index (χ0n) is 15.2. The fourth-order valence-electron chi connectivity index (χ4n) is 3.00. The molecule has 2 aromatic carbocycles. The van der Waals surface area contributed by atoms with Gasteiger partial charge in [-0.15, -0.1) is 0 Å². The van der Waals surface area contributed by atoms with E-state index in [0.29, 0.717) is 43.2 Å². The Hall–Kier alpha value is -2.72. The molecule has 0 amide bonds. The molecule has 0 atom stereocenters. The number of anilines is 2. The molecule has 0 spiro atoms. The van der Waals surface area contributed by atoms with Crippen LogP contribution in [0.2, 0.25) is 0 Å². The Bertz CT molecular complexity index is 991. The van der Waals surface area contributed by atoms with Gasteiger partial charge in [-0.25, -0.2) is 12.8 Å². The molecule has 0 saturated carbocycles. The topological polar surface area (TPSA) is 102 Å². The molecule has 28 heavy (non-hydrogen) atoms. The van der Waals surface area contributed by atoms with Crippen LogP contribution in [0.5, 0.6) is 0 Å². The van der Waals surface area contributed by atoms with Gasteiger partial charge in [-0.2, -0.15) is 0 Å². The van der Waals surface area contributed by atoms with Gasteiger partial charge in [0.1, 0.15) is 10.7 Å². The molecule has 3 rings (SSSR count). The lowest BCUT2D eigenvalue weighted by Gasteiger charge is -2.29. The summed E-state index contributed by atoms with van der Waals surface area (Å²) in [5.74, 6) is -0.346. The molecule has 0 aromatic heterocycles. The highest BCUT2D eigenvalue weighted by molar-refractivity contribution is 7.90. The van der Waals surface area contributed by atoms with Crippen LogP contribution >= 0.6 is 0 Å². The van der Waals surface area contributed by atoms with Crippen LogP contribution in [0.15, 0.2) is 41.3 Å². The van der Waals surface area contributed by atoms with Crippen LogP contribution < -0.4 is 10.2 Å². The van der Waals surface area contributed by atoms with E-state index in [9.17, 15) is 22.9 Å². The Balaban J connectivity index is 1.75. The van der Waals surface area contributed by atoms with Crippen LogP contribution in [0.4, 0.5) is 21.5 Å². The second-order valence-electron chi connectivity index (χ2n) is 6.45. The van der Waals surface area contributed by atoms with Gasteiger partial charge in [0, 0.05) is 37.6 Å². The predicted molar refractivity (Wildman–Crippen MR) is 103 cm³/mol. The molecule has 1 saturated heterocycles. The zero-order chi connectivity index (χ0) is 20.3. The van der Waals surface area contributed by atoms with Crippen molar-refractivity contribution in [2.24, 2.45) is 0 Å². The van der Waals surface area contributed by atoms with Crippen molar-refractivity contribution < 1.29 is 22.5 Å². The SMILES string of the molecule is CS(=O)(=O)c1cc(NCc2ccc(N3CCOCC3)c(F)c2)ccc1[N+](=O)[O-]. The maximum Gasteiger partial charge on any atom is 0.288 e. The summed E-state index contributed by atoms with van der Waals surface area (Å²) in [5.41, 5.74) is 1.09. The highest BCUT2D eigenvalue weighted by atomic mass is 32.2. The van der Waals surface area contributed by atoms with E-state index in [2.05, 4.69) is 5.32 Å². The number of sulfone groups is 1. The van der Waals surface area contributed by atoms with E-state index in [1.807, 2.05) is 4.90 Å². The number of ether oxygens (including phenoxy) is 1. The van der Waals surface area contributed by atoms with Crippen LogP contribution in [-0.2, 0) is 21.1 Å². The molecular formula is C18H20FN3O5S. The normalized spacial score (nSPS) is 14.7. The van der Waals surface area contributed by atoms with Gasteiger partial charge in [-0.1, -0.05) is 6.07 Å². The lowest BCUT2D eigenvalue weighted by atomic mass is 10.1. The average molecular weight is 409 g/mol. The minimum Gasteiger partial charge on any atom is -0.381 e. The third kappa shape index (κ3) is 4.57. The molecule has 2 aromatic rings. The molecule has 8 nitrogen and oxygen atoms in total. The molecule has 1 fully saturated rings. The highest BCUT2D eigenvalue weighted by Crippen LogP contribution is 2.28. The second-order valence-corrected chi connectivity index (χ2v) is 8.43. The van der Waals surface area contributed by atoms with Gasteiger partial charge in [0.2, 0.25) is 0 Å². The molecule has 1 aliphatic rings. The van der Waals surface area contributed by atoms with Crippen molar-refractivity contribution in [3.05, 3.63) is 57.9 Å². The smallest absolute Gasteiger partial charge is 0.288 e. The number of nitro benzene ring substituents is 1. The second kappa shape index (κ2) is 8.11. The Morgan fingerprint density at radius 1 is 1.21 bits per heavy atom. The van der Waals surface area contributed by atoms with E-state index in [0.717, 1.165) is 12.3 Å². The van der Waals surface area contributed by atoms with E-state index in [1.54, 1.807) is 12.1 Å². The van der Waals surface area contributed by atoms with Crippen molar-refractivity contribution in [2.75, 3.05) is 42.8 Å². The lowest BCUT2D eigenvalue weighted by molar-refractivity contribution is -0.387. The Labute approximate surface area is 162 Å². The van der Waals surface area contributed by atoms with Crippen LogP contribution in [-0.4, -0.2) is 45.9 Å². The molecule has 1 aliphatic heterocycles.